The smallest absolute Gasteiger partial charge is 0.243 e. The fourth-order valence-electron chi connectivity index (χ4n) is 3.38. The second-order valence-corrected chi connectivity index (χ2v) is 8.93. The number of nitrogens with one attached hydrogen (secondary N) is 1. The number of nitrogens with zero attached hydrogens (tertiary/aromatic N) is 2. The van der Waals surface area contributed by atoms with E-state index in [1.807, 2.05) is 0 Å². The molecule has 0 saturated carbocycles. The number of piperidine rings is 1. The van der Waals surface area contributed by atoms with Crippen molar-refractivity contribution in [3.63, 3.8) is 0 Å². The zero-order valence-corrected chi connectivity index (χ0v) is 15.7. The summed E-state index contributed by atoms with van der Waals surface area (Å²) in [7, 11) is -3.35. The molecular formula is C17H25N3O2S2. The zero-order valence-electron chi connectivity index (χ0n) is 14.1. The van der Waals surface area contributed by atoms with E-state index in [0.29, 0.717) is 24.0 Å². The van der Waals surface area contributed by atoms with Crippen molar-refractivity contribution in [1.82, 2.24) is 9.21 Å². The van der Waals surface area contributed by atoms with Gasteiger partial charge in [0.15, 0.2) is 5.11 Å². The molecule has 7 heteroatoms. The van der Waals surface area contributed by atoms with E-state index in [0.717, 1.165) is 36.6 Å². The summed E-state index contributed by atoms with van der Waals surface area (Å²) in [5.74, 6) is 0. The largest absolute Gasteiger partial charge is 0.346 e. The molecular weight excluding hydrogens is 342 g/mol. The third kappa shape index (κ3) is 3.73. The molecule has 5 nitrogen and oxygen atoms in total. The Balaban J connectivity index is 1.67. The number of thiocarbonyl (C=S) groups is 1. The predicted octanol–water partition coefficient (Wildman–Crippen LogP) is 3.04. The molecule has 0 unspecified atom stereocenters. The second-order valence-electron chi connectivity index (χ2n) is 6.60. The van der Waals surface area contributed by atoms with Gasteiger partial charge in [-0.3, -0.25) is 0 Å². The van der Waals surface area contributed by atoms with Crippen molar-refractivity contribution in [1.29, 1.82) is 0 Å². The molecule has 0 amide bonds. The van der Waals surface area contributed by atoms with Gasteiger partial charge in [-0.1, -0.05) is 0 Å². The van der Waals surface area contributed by atoms with Gasteiger partial charge in [0, 0.05) is 31.4 Å². The first-order chi connectivity index (χ1) is 11.5. The Morgan fingerprint density at radius 2 is 1.71 bits per heavy atom. The summed E-state index contributed by atoms with van der Waals surface area (Å²) < 4.78 is 26.6. The van der Waals surface area contributed by atoms with Crippen LogP contribution in [0.25, 0.3) is 0 Å². The monoisotopic (exact) mass is 367 g/mol. The Bertz CT molecular complexity index is 682. The molecule has 24 heavy (non-hydrogen) atoms. The van der Waals surface area contributed by atoms with Crippen LogP contribution in [-0.2, 0) is 10.0 Å². The van der Waals surface area contributed by atoms with Crippen LogP contribution in [-0.4, -0.2) is 48.4 Å². The Kier molecular flexibility index (Phi) is 5.42. The van der Waals surface area contributed by atoms with Crippen LogP contribution in [0.15, 0.2) is 29.2 Å². The molecule has 1 N–H and O–H groups in total. The molecule has 0 aromatic heterocycles. The van der Waals surface area contributed by atoms with Crippen LogP contribution in [0.5, 0.6) is 0 Å². The first kappa shape index (κ1) is 17.6. The van der Waals surface area contributed by atoms with Crippen molar-refractivity contribution in [2.24, 2.45) is 0 Å². The highest BCUT2D eigenvalue weighted by Gasteiger charge is 2.27. The van der Waals surface area contributed by atoms with E-state index < -0.39 is 10.0 Å². The summed E-state index contributed by atoms with van der Waals surface area (Å²) in [4.78, 5) is 2.57. The predicted molar refractivity (Wildman–Crippen MR) is 101 cm³/mol. The van der Waals surface area contributed by atoms with Gasteiger partial charge in [0.2, 0.25) is 10.0 Å². The topological polar surface area (TPSA) is 52.7 Å². The summed E-state index contributed by atoms with van der Waals surface area (Å²) in [5.41, 5.74) is 0.832. The molecule has 2 aliphatic rings. The van der Waals surface area contributed by atoms with Crippen LogP contribution in [0.3, 0.4) is 0 Å². The molecule has 1 aromatic rings. The van der Waals surface area contributed by atoms with Crippen molar-refractivity contribution >= 4 is 33.0 Å². The molecule has 2 saturated heterocycles. The average molecular weight is 368 g/mol. The van der Waals surface area contributed by atoms with Gasteiger partial charge in [-0.2, -0.15) is 4.31 Å². The standard InChI is InChI=1S/C17H25N3O2S2/c1-14-6-2-3-13-20(14)17(23)18-15-7-9-16(10-8-15)24(21,22)19-11-4-5-12-19/h7-10,14H,2-6,11-13H2,1H3,(H,18,23)/t14-/m0/s1. The van der Waals surface area contributed by atoms with E-state index >= 15 is 0 Å². The third-order valence-corrected chi connectivity index (χ3v) is 7.12. The molecule has 2 fully saturated rings. The molecule has 1 atom stereocenters. The van der Waals surface area contributed by atoms with E-state index in [-0.39, 0.29) is 0 Å². The van der Waals surface area contributed by atoms with E-state index in [1.165, 1.54) is 12.8 Å². The number of anilines is 1. The Morgan fingerprint density at radius 3 is 2.33 bits per heavy atom. The fourth-order valence-corrected chi connectivity index (χ4v) is 5.29. The van der Waals surface area contributed by atoms with E-state index in [4.69, 9.17) is 12.2 Å². The van der Waals surface area contributed by atoms with Crippen LogP contribution in [0.4, 0.5) is 5.69 Å². The van der Waals surface area contributed by atoms with Crippen molar-refractivity contribution in [2.45, 2.75) is 50.0 Å². The highest BCUT2D eigenvalue weighted by Crippen LogP contribution is 2.23. The number of rotatable bonds is 3. The summed E-state index contributed by atoms with van der Waals surface area (Å²) >= 11 is 5.52. The minimum atomic E-state index is -3.35. The lowest BCUT2D eigenvalue weighted by Gasteiger charge is -2.35. The highest BCUT2D eigenvalue weighted by molar-refractivity contribution is 7.89. The fraction of sp³-hybridized carbons (Fsp3) is 0.588. The van der Waals surface area contributed by atoms with Gasteiger partial charge < -0.3 is 10.2 Å². The van der Waals surface area contributed by atoms with Gasteiger partial charge in [0.25, 0.3) is 0 Å². The minimum absolute atomic E-state index is 0.354. The molecule has 2 aliphatic heterocycles. The summed E-state index contributed by atoms with van der Waals surface area (Å²) in [5, 5.41) is 3.96. The van der Waals surface area contributed by atoms with Gasteiger partial charge in [0.05, 0.1) is 4.90 Å². The SMILES string of the molecule is C[C@H]1CCCCN1C(=S)Nc1ccc(S(=O)(=O)N2CCCC2)cc1. The van der Waals surface area contributed by atoms with Crippen molar-refractivity contribution in [3.05, 3.63) is 24.3 Å². The first-order valence-electron chi connectivity index (χ1n) is 8.66. The Hall–Kier alpha value is -1.18. The molecule has 2 heterocycles. The first-order valence-corrected chi connectivity index (χ1v) is 10.5. The number of benzene rings is 1. The quantitative estimate of drug-likeness (QED) is 0.832. The minimum Gasteiger partial charge on any atom is -0.346 e. The van der Waals surface area contributed by atoms with Crippen LogP contribution in [0, 0.1) is 0 Å². The Labute approximate surface area is 150 Å². The average Bonchev–Trinajstić information content (AvgIpc) is 3.11. The summed E-state index contributed by atoms with van der Waals surface area (Å²) in [6, 6.07) is 7.37. The molecule has 3 rings (SSSR count). The molecule has 0 spiro atoms. The molecule has 1 aromatic carbocycles. The number of sulfonamides is 1. The lowest BCUT2D eigenvalue weighted by Crippen LogP contribution is -2.44. The number of likely N-dealkylation sites (tertiary alicyclic amines) is 1. The lowest BCUT2D eigenvalue weighted by molar-refractivity contribution is 0.262. The van der Waals surface area contributed by atoms with Gasteiger partial charge in [-0.15, -0.1) is 0 Å². The van der Waals surface area contributed by atoms with Crippen molar-refractivity contribution < 1.29 is 8.42 Å². The third-order valence-electron chi connectivity index (χ3n) is 4.87. The van der Waals surface area contributed by atoms with Crippen LogP contribution < -0.4 is 5.32 Å². The Morgan fingerprint density at radius 1 is 1.08 bits per heavy atom. The molecule has 0 radical (unpaired) electrons. The van der Waals surface area contributed by atoms with Gasteiger partial charge in [0.1, 0.15) is 0 Å². The van der Waals surface area contributed by atoms with Crippen LogP contribution in [0.1, 0.15) is 39.0 Å². The molecule has 0 aliphatic carbocycles. The van der Waals surface area contributed by atoms with Crippen LogP contribution >= 0.6 is 12.2 Å². The molecule has 0 bridgehead atoms. The molecule has 132 valence electrons. The zero-order chi connectivity index (χ0) is 17.2. The van der Waals surface area contributed by atoms with Gasteiger partial charge in [-0.05, 0) is 75.5 Å². The summed E-state index contributed by atoms with van der Waals surface area (Å²) in [6.07, 6.45) is 5.47. The number of hydrogen-bond donors (Lipinski definition) is 1. The van der Waals surface area contributed by atoms with Crippen molar-refractivity contribution in [2.75, 3.05) is 25.0 Å². The second kappa shape index (κ2) is 7.37. The summed E-state index contributed by atoms with van der Waals surface area (Å²) in [6.45, 7) is 4.42. The van der Waals surface area contributed by atoms with Crippen molar-refractivity contribution in [3.8, 4) is 0 Å². The van der Waals surface area contributed by atoms with E-state index in [1.54, 1.807) is 28.6 Å². The maximum atomic E-state index is 12.5. The highest BCUT2D eigenvalue weighted by atomic mass is 32.2. The number of hydrogen-bond acceptors (Lipinski definition) is 3. The van der Waals surface area contributed by atoms with Gasteiger partial charge in [-0.25, -0.2) is 8.42 Å². The maximum absolute atomic E-state index is 12.5. The maximum Gasteiger partial charge on any atom is 0.243 e. The lowest BCUT2D eigenvalue weighted by atomic mass is 10.0. The van der Waals surface area contributed by atoms with E-state index in [2.05, 4.69) is 17.1 Å². The van der Waals surface area contributed by atoms with E-state index in [9.17, 15) is 8.42 Å². The van der Waals surface area contributed by atoms with Crippen LogP contribution in [0.2, 0.25) is 0 Å². The van der Waals surface area contributed by atoms with Gasteiger partial charge >= 0.3 is 0 Å². The normalized spacial score (nSPS) is 22.5.